The van der Waals surface area contributed by atoms with Crippen LogP contribution in [0.1, 0.15) is 23.2 Å². The third-order valence-electron chi connectivity index (χ3n) is 3.01. The van der Waals surface area contributed by atoms with E-state index in [0.717, 1.165) is 28.3 Å². The van der Waals surface area contributed by atoms with Gasteiger partial charge in [0.1, 0.15) is 0 Å². The number of carbonyl (C=O) groups excluding carboxylic acids is 1. The number of carbonyl (C=O) groups is 1. The quantitative estimate of drug-likeness (QED) is 0.878. The molecule has 0 saturated carbocycles. The summed E-state index contributed by atoms with van der Waals surface area (Å²) in [5, 5.41) is 9.23. The molecule has 1 aliphatic rings. The predicted octanol–water partition coefficient (Wildman–Crippen LogP) is 2.81. The first-order valence-corrected chi connectivity index (χ1v) is 7.09. The lowest BCUT2D eigenvalue weighted by Crippen LogP contribution is -2.37. The molecule has 0 radical (unpaired) electrons. The highest BCUT2D eigenvalue weighted by Crippen LogP contribution is 2.26. The second-order valence-corrected chi connectivity index (χ2v) is 5.87. The first-order chi connectivity index (χ1) is 8.13. The molecule has 1 aromatic carbocycles. The number of hydrogen-bond acceptors (Lipinski definition) is 2. The van der Waals surface area contributed by atoms with Crippen molar-refractivity contribution in [2.75, 3.05) is 13.2 Å². The van der Waals surface area contributed by atoms with E-state index in [4.69, 9.17) is 0 Å². The Kier molecular flexibility index (Phi) is 4.22. The van der Waals surface area contributed by atoms with Crippen molar-refractivity contribution in [2.24, 2.45) is 0 Å². The van der Waals surface area contributed by atoms with Crippen molar-refractivity contribution >= 4 is 37.8 Å². The molecular weight excluding hydrogens is 350 g/mol. The Bertz CT molecular complexity index is 437. The summed E-state index contributed by atoms with van der Waals surface area (Å²) in [6.45, 7) is 0.770. The van der Waals surface area contributed by atoms with Gasteiger partial charge in [-0.2, -0.15) is 0 Å². The van der Waals surface area contributed by atoms with Gasteiger partial charge in [0.05, 0.1) is 18.2 Å². The minimum absolute atomic E-state index is 0.0130. The molecule has 0 spiro atoms. The van der Waals surface area contributed by atoms with E-state index in [1.54, 1.807) is 11.0 Å². The fourth-order valence-electron chi connectivity index (χ4n) is 2.11. The van der Waals surface area contributed by atoms with Crippen LogP contribution in [0.25, 0.3) is 0 Å². The summed E-state index contributed by atoms with van der Waals surface area (Å²) in [5.74, 6) is -0.0130. The lowest BCUT2D eigenvalue weighted by atomic mass is 10.2. The van der Waals surface area contributed by atoms with Gasteiger partial charge in [-0.25, -0.2) is 0 Å². The molecule has 1 fully saturated rings. The molecule has 1 atom stereocenters. The zero-order valence-electron chi connectivity index (χ0n) is 9.20. The van der Waals surface area contributed by atoms with Crippen molar-refractivity contribution in [3.8, 4) is 0 Å². The molecule has 1 unspecified atom stereocenters. The number of hydrogen-bond donors (Lipinski definition) is 1. The summed E-state index contributed by atoms with van der Waals surface area (Å²) < 4.78 is 1.71. The second-order valence-electron chi connectivity index (χ2n) is 4.10. The summed E-state index contributed by atoms with van der Waals surface area (Å²) in [4.78, 5) is 14.1. The van der Waals surface area contributed by atoms with Crippen molar-refractivity contribution in [3.05, 3.63) is 32.7 Å². The number of likely N-dealkylation sites (tertiary alicyclic amines) is 1. The highest BCUT2D eigenvalue weighted by atomic mass is 79.9. The molecular formula is C12H13Br2NO2. The van der Waals surface area contributed by atoms with Gasteiger partial charge in [0.15, 0.2) is 0 Å². The standard InChI is InChI=1S/C12H13Br2NO2/c13-8-3-4-10(11(14)6-8)12(17)15-5-1-2-9(15)7-16/h3-4,6,9,16H,1-2,5,7H2. The molecule has 2 rings (SSSR count). The summed E-state index contributed by atoms with van der Waals surface area (Å²) >= 11 is 6.76. The number of aliphatic hydroxyl groups excluding tert-OH is 1. The highest BCUT2D eigenvalue weighted by Gasteiger charge is 2.29. The molecule has 1 aromatic rings. The zero-order chi connectivity index (χ0) is 12.4. The molecule has 92 valence electrons. The maximum absolute atomic E-state index is 12.3. The van der Waals surface area contributed by atoms with Gasteiger partial charge < -0.3 is 10.0 Å². The third kappa shape index (κ3) is 2.72. The van der Waals surface area contributed by atoms with E-state index in [1.807, 2.05) is 12.1 Å². The van der Waals surface area contributed by atoms with Crippen molar-refractivity contribution in [3.63, 3.8) is 0 Å². The van der Waals surface area contributed by atoms with Crippen LogP contribution < -0.4 is 0 Å². The lowest BCUT2D eigenvalue weighted by molar-refractivity contribution is 0.0676. The van der Waals surface area contributed by atoms with Gasteiger partial charge in [-0.3, -0.25) is 4.79 Å². The zero-order valence-corrected chi connectivity index (χ0v) is 12.4. The molecule has 1 saturated heterocycles. The molecule has 3 nitrogen and oxygen atoms in total. The molecule has 0 bridgehead atoms. The van der Waals surface area contributed by atoms with E-state index in [2.05, 4.69) is 31.9 Å². The summed E-state index contributed by atoms with van der Waals surface area (Å²) in [6, 6.07) is 5.47. The first-order valence-electron chi connectivity index (χ1n) is 5.50. The van der Waals surface area contributed by atoms with Crippen LogP contribution in [0.3, 0.4) is 0 Å². The number of halogens is 2. The molecule has 0 aromatic heterocycles. The summed E-state index contributed by atoms with van der Waals surface area (Å²) in [6.07, 6.45) is 1.85. The Balaban J connectivity index is 2.24. The summed E-state index contributed by atoms with van der Waals surface area (Å²) in [7, 11) is 0. The number of benzene rings is 1. The van der Waals surface area contributed by atoms with Gasteiger partial charge in [0.2, 0.25) is 0 Å². The SMILES string of the molecule is O=C(c1ccc(Br)cc1Br)N1CCCC1CO. The van der Waals surface area contributed by atoms with E-state index in [0.29, 0.717) is 5.56 Å². The topological polar surface area (TPSA) is 40.5 Å². The fourth-order valence-corrected chi connectivity index (χ4v) is 3.33. The molecule has 1 heterocycles. The van der Waals surface area contributed by atoms with Crippen LogP contribution in [0.15, 0.2) is 27.1 Å². The Morgan fingerprint density at radius 3 is 2.88 bits per heavy atom. The number of rotatable bonds is 2. The van der Waals surface area contributed by atoms with E-state index >= 15 is 0 Å². The van der Waals surface area contributed by atoms with Crippen LogP contribution in [0.5, 0.6) is 0 Å². The molecule has 17 heavy (non-hydrogen) atoms. The first kappa shape index (κ1) is 13.1. The minimum atomic E-state index is -0.0296. The average Bonchev–Trinajstić information content (AvgIpc) is 2.76. The highest BCUT2D eigenvalue weighted by molar-refractivity contribution is 9.11. The lowest BCUT2D eigenvalue weighted by Gasteiger charge is -2.23. The maximum Gasteiger partial charge on any atom is 0.255 e. The minimum Gasteiger partial charge on any atom is -0.394 e. The van der Waals surface area contributed by atoms with Crippen LogP contribution in [-0.4, -0.2) is 35.1 Å². The largest absolute Gasteiger partial charge is 0.394 e. The molecule has 1 aliphatic heterocycles. The van der Waals surface area contributed by atoms with Gasteiger partial charge in [-0.1, -0.05) is 15.9 Å². The molecule has 1 N–H and O–H groups in total. The molecule has 5 heteroatoms. The monoisotopic (exact) mass is 361 g/mol. The predicted molar refractivity (Wildman–Crippen MR) is 73.0 cm³/mol. The van der Waals surface area contributed by atoms with E-state index in [1.165, 1.54) is 0 Å². The van der Waals surface area contributed by atoms with Crippen LogP contribution in [0.2, 0.25) is 0 Å². The number of amides is 1. The van der Waals surface area contributed by atoms with Gasteiger partial charge >= 0.3 is 0 Å². The fraction of sp³-hybridized carbons (Fsp3) is 0.417. The van der Waals surface area contributed by atoms with E-state index < -0.39 is 0 Å². The van der Waals surface area contributed by atoms with E-state index in [-0.39, 0.29) is 18.6 Å². The normalized spacial score (nSPS) is 19.7. The Hall–Kier alpha value is -0.390. The van der Waals surface area contributed by atoms with Crippen LogP contribution in [0.4, 0.5) is 0 Å². The van der Waals surface area contributed by atoms with Gasteiger partial charge in [-0.15, -0.1) is 0 Å². The third-order valence-corrected chi connectivity index (χ3v) is 4.16. The van der Waals surface area contributed by atoms with Crippen molar-refractivity contribution in [1.82, 2.24) is 4.90 Å². The second kappa shape index (κ2) is 5.50. The van der Waals surface area contributed by atoms with Crippen LogP contribution in [-0.2, 0) is 0 Å². The van der Waals surface area contributed by atoms with Crippen LogP contribution in [0, 0.1) is 0 Å². The van der Waals surface area contributed by atoms with E-state index in [9.17, 15) is 9.90 Å². The molecule has 0 aliphatic carbocycles. The van der Waals surface area contributed by atoms with Gasteiger partial charge in [0.25, 0.3) is 5.91 Å². The summed E-state index contributed by atoms with van der Waals surface area (Å²) in [5.41, 5.74) is 0.647. The van der Waals surface area contributed by atoms with Crippen LogP contribution >= 0.6 is 31.9 Å². The number of nitrogens with zero attached hydrogens (tertiary/aromatic N) is 1. The Morgan fingerprint density at radius 1 is 1.47 bits per heavy atom. The number of aliphatic hydroxyl groups is 1. The van der Waals surface area contributed by atoms with Crippen molar-refractivity contribution < 1.29 is 9.90 Å². The van der Waals surface area contributed by atoms with Gasteiger partial charge in [0, 0.05) is 15.5 Å². The van der Waals surface area contributed by atoms with Crippen molar-refractivity contribution in [1.29, 1.82) is 0 Å². The maximum atomic E-state index is 12.3. The average molecular weight is 363 g/mol. The Labute approximate surface area is 117 Å². The van der Waals surface area contributed by atoms with Gasteiger partial charge in [-0.05, 0) is 47.0 Å². The smallest absolute Gasteiger partial charge is 0.255 e. The molecule has 1 amide bonds. The Morgan fingerprint density at radius 2 is 2.24 bits per heavy atom. The van der Waals surface area contributed by atoms with Crippen molar-refractivity contribution in [2.45, 2.75) is 18.9 Å².